The van der Waals surface area contributed by atoms with Gasteiger partial charge >= 0.3 is 0 Å². The average molecular weight is 265 g/mol. The van der Waals surface area contributed by atoms with Gasteiger partial charge < -0.3 is 10.1 Å². The van der Waals surface area contributed by atoms with Crippen LogP contribution in [0.1, 0.15) is 43.6 Å². The van der Waals surface area contributed by atoms with Crippen LogP contribution in [-0.2, 0) is 4.74 Å². The van der Waals surface area contributed by atoms with Gasteiger partial charge in [-0.2, -0.15) is 0 Å². The number of ether oxygens (including phenoxy) is 1. The monoisotopic (exact) mass is 265 g/mol. The molecule has 106 valence electrons. The van der Waals surface area contributed by atoms with Gasteiger partial charge in [0.05, 0.1) is 0 Å². The van der Waals surface area contributed by atoms with Crippen molar-refractivity contribution >= 4 is 0 Å². The van der Waals surface area contributed by atoms with Crippen molar-refractivity contribution in [1.29, 1.82) is 0 Å². The van der Waals surface area contributed by atoms with E-state index in [9.17, 15) is 4.39 Å². The molecule has 3 heteroatoms. The van der Waals surface area contributed by atoms with Crippen LogP contribution < -0.4 is 5.32 Å². The predicted octanol–water partition coefficient (Wildman–Crippen LogP) is 3.48. The second-order valence-electron chi connectivity index (χ2n) is 5.43. The van der Waals surface area contributed by atoms with Crippen molar-refractivity contribution in [2.75, 3.05) is 20.3 Å². The third-order valence-corrected chi connectivity index (χ3v) is 3.92. The molecular weight excluding hydrogens is 241 g/mol. The summed E-state index contributed by atoms with van der Waals surface area (Å²) in [5.74, 6) is 0.425. The van der Waals surface area contributed by atoms with Crippen molar-refractivity contribution in [2.24, 2.45) is 0 Å². The van der Waals surface area contributed by atoms with Gasteiger partial charge in [0, 0.05) is 19.8 Å². The fraction of sp³-hybridized carbons (Fsp3) is 0.625. The smallest absolute Gasteiger partial charge is 0.123 e. The maximum absolute atomic E-state index is 13.1. The van der Waals surface area contributed by atoms with Gasteiger partial charge in [0.15, 0.2) is 0 Å². The minimum Gasteiger partial charge on any atom is -0.385 e. The first kappa shape index (κ1) is 14.5. The van der Waals surface area contributed by atoms with Gasteiger partial charge in [0.2, 0.25) is 0 Å². The Labute approximate surface area is 115 Å². The second kappa shape index (κ2) is 7.61. The van der Waals surface area contributed by atoms with E-state index in [0.717, 1.165) is 38.0 Å². The normalized spacial score (nSPS) is 22.2. The predicted molar refractivity (Wildman–Crippen MR) is 75.9 cm³/mol. The molecule has 2 nitrogen and oxygen atoms in total. The van der Waals surface area contributed by atoms with Crippen molar-refractivity contribution in [1.82, 2.24) is 5.32 Å². The zero-order valence-corrected chi connectivity index (χ0v) is 11.7. The third-order valence-electron chi connectivity index (χ3n) is 3.92. The van der Waals surface area contributed by atoms with E-state index in [1.807, 2.05) is 6.07 Å². The number of halogens is 1. The Morgan fingerprint density at radius 3 is 2.84 bits per heavy atom. The van der Waals surface area contributed by atoms with Crippen molar-refractivity contribution in [3.8, 4) is 0 Å². The van der Waals surface area contributed by atoms with Crippen LogP contribution >= 0.6 is 0 Å². The minimum atomic E-state index is -0.118. The first-order chi connectivity index (χ1) is 9.29. The number of benzene rings is 1. The molecule has 0 atom stereocenters. The summed E-state index contributed by atoms with van der Waals surface area (Å²) in [6, 6.07) is 7.65. The SMILES string of the molecule is COCCCCCNC1CC(c2cccc(F)c2)C1. The van der Waals surface area contributed by atoms with Crippen LogP contribution in [0.15, 0.2) is 24.3 Å². The molecule has 1 aromatic rings. The molecule has 1 N–H and O–H groups in total. The fourth-order valence-corrected chi connectivity index (χ4v) is 2.67. The van der Waals surface area contributed by atoms with Crippen LogP contribution in [0.3, 0.4) is 0 Å². The molecule has 0 spiro atoms. The van der Waals surface area contributed by atoms with E-state index in [1.54, 1.807) is 19.2 Å². The molecule has 0 saturated heterocycles. The Bertz CT molecular complexity index is 377. The van der Waals surface area contributed by atoms with Gasteiger partial charge in [-0.25, -0.2) is 4.39 Å². The lowest BCUT2D eigenvalue weighted by Crippen LogP contribution is -2.40. The van der Waals surface area contributed by atoms with Crippen LogP contribution in [0.2, 0.25) is 0 Å². The molecule has 0 amide bonds. The molecule has 1 aliphatic rings. The Kier molecular flexibility index (Phi) is 5.80. The lowest BCUT2D eigenvalue weighted by atomic mass is 9.76. The number of hydrogen-bond acceptors (Lipinski definition) is 2. The highest BCUT2D eigenvalue weighted by molar-refractivity contribution is 5.23. The molecule has 1 aliphatic carbocycles. The van der Waals surface area contributed by atoms with Gasteiger partial charge in [-0.15, -0.1) is 0 Å². The van der Waals surface area contributed by atoms with Crippen LogP contribution in [0.5, 0.6) is 0 Å². The van der Waals surface area contributed by atoms with Gasteiger partial charge in [-0.3, -0.25) is 0 Å². The standard InChI is InChI=1S/C16H24FNO/c1-19-9-4-2-3-8-18-16-11-14(12-16)13-6-5-7-15(17)10-13/h5-7,10,14,16,18H,2-4,8-9,11-12H2,1H3. The molecule has 0 bridgehead atoms. The number of unbranched alkanes of at least 4 members (excludes halogenated alkanes) is 2. The highest BCUT2D eigenvalue weighted by Crippen LogP contribution is 2.36. The molecule has 0 aromatic heterocycles. The summed E-state index contributed by atoms with van der Waals surface area (Å²) < 4.78 is 18.1. The molecule has 0 radical (unpaired) electrons. The lowest BCUT2D eigenvalue weighted by Gasteiger charge is -2.36. The summed E-state index contributed by atoms with van der Waals surface area (Å²) in [5.41, 5.74) is 1.15. The van der Waals surface area contributed by atoms with E-state index in [0.29, 0.717) is 12.0 Å². The number of nitrogens with one attached hydrogen (secondary N) is 1. The van der Waals surface area contributed by atoms with Gasteiger partial charge in [-0.1, -0.05) is 12.1 Å². The van der Waals surface area contributed by atoms with Crippen molar-refractivity contribution in [2.45, 2.75) is 44.1 Å². The van der Waals surface area contributed by atoms with Gasteiger partial charge in [0.25, 0.3) is 0 Å². The maximum atomic E-state index is 13.1. The second-order valence-corrected chi connectivity index (χ2v) is 5.43. The Hall–Kier alpha value is -0.930. The molecule has 2 rings (SSSR count). The summed E-state index contributed by atoms with van der Waals surface area (Å²) in [5, 5.41) is 3.58. The van der Waals surface area contributed by atoms with E-state index in [-0.39, 0.29) is 5.82 Å². The number of hydrogen-bond donors (Lipinski definition) is 1. The molecular formula is C16H24FNO. The average Bonchev–Trinajstić information content (AvgIpc) is 2.35. The van der Waals surface area contributed by atoms with E-state index >= 15 is 0 Å². The molecule has 0 heterocycles. The topological polar surface area (TPSA) is 21.3 Å². The van der Waals surface area contributed by atoms with E-state index in [2.05, 4.69) is 5.32 Å². The third kappa shape index (κ3) is 4.59. The summed E-state index contributed by atoms with van der Waals surface area (Å²) in [4.78, 5) is 0. The van der Waals surface area contributed by atoms with Crippen LogP contribution in [0.4, 0.5) is 4.39 Å². The Morgan fingerprint density at radius 2 is 2.11 bits per heavy atom. The summed E-state index contributed by atoms with van der Waals surface area (Å²) in [6.45, 7) is 1.95. The summed E-state index contributed by atoms with van der Waals surface area (Å²) in [6.07, 6.45) is 5.86. The molecule has 1 saturated carbocycles. The molecule has 1 aromatic carbocycles. The summed E-state index contributed by atoms with van der Waals surface area (Å²) >= 11 is 0. The Morgan fingerprint density at radius 1 is 1.26 bits per heavy atom. The fourth-order valence-electron chi connectivity index (χ4n) is 2.67. The van der Waals surface area contributed by atoms with Gasteiger partial charge in [0.1, 0.15) is 5.82 Å². The first-order valence-electron chi connectivity index (χ1n) is 7.27. The molecule has 0 aliphatic heterocycles. The van der Waals surface area contributed by atoms with Crippen molar-refractivity contribution in [3.05, 3.63) is 35.6 Å². The van der Waals surface area contributed by atoms with Crippen molar-refractivity contribution < 1.29 is 9.13 Å². The lowest BCUT2D eigenvalue weighted by molar-refractivity contribution is 0.191. The molecule has 0 unspecified atom stereocenters. The zero-order valence-electron chi connectivity index (χ0n) is 11.7. The van der Waals surface area contributed by atoms with E-state index in [1.165, 1.54) is 18.9 Å². The molecule has 1 fully saturated rings. The quantitative estimate of drug-likeness (QED) is 0.727. The van der Waals surface area contributed by atoms with Crippen LogP contribution in [0, 0.1) is 5.82 Å². The van der Waals surface area contributed by atoms with Crippen LogP contribution in [0.25, 0.3) is 0 Å². The maximum Gasteiger partial charge on any atom is 0.123 e. The highest BCUT2D eigenvalue weighted by Gasteiger charge is 2.29. The largest absolute Gasteiger partial charge is 0.385 e. The number of rotatable bonds is 8. The molecule has 19 heavy (non-hydrogen) atoms. The van der Waals surface area contributed by atoms with Gasteiger partial charge in [-0.05, 0) is 62.3 Å². The minimum absolute atomic E-state index is 0.118. The first-order valence-corrected chi connectivity index (χ1v) is 7.27. The van der Waals surface area contributed by atoms with E-state index in [4.69, 9.17) is 4.74 Å². The van der Waals surface area contributed by atoms with E-state index < -0.39 is 0 Å². The highest BCUT2D eigenvalue weighted by atomic mass is 19.1. The Balaban J connectivity index is 1.56. The van der Waals surface area contributed by atoms with Crippen LogP contribution in [-0.4, -0.2) is 26.3 Å². The summed E-state index contributed by atoms with van der Waals surface area (Å²) in [7, 11) is 1.75. The number of methoxy groups -OCH3 is 1. The zero-order chi connectivity index (χ0) is 13.5. The van der Waals surface area contributed by atoms with Crippen molar-refractivity contribution in [3.63, 3.8) is 0 Å².